The van der Waals surface area contributed by atoms with E-state index in [-0.39, 0.29) is 35.9 Å². The summed E-state index contributed by atoms with van der Waals surface area (Å²) in [5.41, 5.74) is 0. The van der Waals surface area contributed by atoms with E-state index in [1.807, 2.05) is 14.1 Å². The first-order chi connectivity index (χ1) is 11.0. The van der Waals surface area contributed by atoms with E-state index in [0.717, 1.165) is 57.9 Å². The Balaban J connectivity index is 0.00000529. The molecular weight excluding hydrogens is 417 g/mol. The first kappa shape index (κ1) is 23.4. The summed E-state index contributed by atoms with van der Waals surface area (Å²) in [6.07, 6.45) is 3.13. The molecule has 6 nitrogen and oxygen atoms in total. The van der Waals surface area contributed by atoms with Crippen LogP contribution in [0.25, 0.3) is 0 Å². The average molecular weight is 453 g/mol. The molecule has 0 aromatic rings. The largest absolute Gasteiger partial charge is 0.357 e. The lowest BCUT2D eigenvalue weighted by molar-refractivity contribution is -0.133. The second kappa shape index (κ2) is 12.7. The fraction of sp³-hybridized carbons (Fsp3) is 0.882. The van der Waals surface area contributed by atoms with Crippen LogP contribution in [0.3, 0.4) is 0 Å². The van der Waals surface area contributed by atoms with Crippen molar-refractivity contribution in [3.63, 3.8) is 0 Å². The number of hydrogen-bond acceptors (Lipinski definition) is 3. The van der Waals surface area contributed by atoms with E-state index in [1.54, 1.807) is 4.90 Å². The molecule has 1 unspecified atom stereocenters. The number of carbonyl (C=O) groups excluding carboxylic acids is 1. The minimum atomic E-state index is 0. The maximum atomic E-state index is 12.2. The molecule has 0 bridgehead atoms. The normalized spacial score (nSPS) is 18.4. The lowest BCUT2D eigenvalue weighted by Crippen LogP contribution is -2.44. The van der Waals surface area contributed by atoms with Crippen molar-refractivity contribution in [2.24, 2.45) is 10.9 Å². The molecule has 1 atom stereocenters. The second-order valence-corrected chi connectivity index (χ2v) is 6.82. The number of nitrogens with one attached hydrogen (secondary N) is 2. The van der Waals surface area contributed by atoms with Crippen LogP contribution in [0.4, 0.5) is 0 Å². The number of amides is 1. The number of likely N-dealkylation sites (N-methyl/N-ethyl adjacent to an activating group) is 1. The lowest BCUT2D eigenvalue weighted by atomic mass is 10.2. The van der Waals surface area contributed by atoms with Crippen LogP contribution >= 0.6 is 24.0 Å². The van der Waals surface area contributed by atoms with Crippen LogP contribution in [0, 0.1) is 5.92 Å². The van der Waals surface area contributed by atoms with Gasteiger partial charge in [-0.3, -0.25) is 14.7 Å². The molecule has 2 N–H and O–H groups in total. The highest BCUT2D eigenvalue weighted by Crippen LogP contribution is 2.18. The molecule has 1 aliphatic rings. The van der Waals surface area contributed by atoms with E-state index in [0.29, 0.717) is 5.92 Å². The van der Waals surface area contributed by atoms with Gasteiger partial charge in [0, 0.05) is 40.3 Å². The van der Waals surface area contributed by atoms with Gasteiger partial charge in [-0.25, -0.2) is 0 Å². The molecule has 1 aliphatic heterocycles. The minimum Gasteiger partial charge on any atom is -0.357 e. The molecule has 0 aromatic carbocycles. The molecule has 1 fully saturated rings. The van der Waals surface area contributed by atoms with Crippen LogP contribution in [-0.2, 0) is 4.79 Å². The van der Waals surface area contributed by atoms with E-state index in [1.165, 1.54) is 0 Å². The fourth-order valence-electron chi connectivity index (χ4n) is 2.78. The number of carbonyl (C=O) groups is 1. The molecular formula is C17H36IN5O. The van der Waals surface area contributed by atoms with Gasteiger partial charge in [-0.2, -0.15) is 0 Å². The maximum Gasteiger partial charge on any atom is 0.239 e. The van der Waals surface area contributed by atoms with Crippen LogP contribution < -0.4 is 10.6 Å². The number of likely N-dealkylation sites (tertiary alicyclic amines) is 1. The predicted octanol–water partition coefficient (Wildman–Crippen LogP) is 1.76. The topological polar surface area (TPSA) is 60.0 Å². The summed E-state index contributed by atoms with van der Waals surface area (Å²) >= 11 is 0. The molecule has 1 heterocycles. The Morgan fingerprint density at radius 2 is 2.04 bits per heavy atom. The van der Waals surface area contributed by atoms with Crippen LogP contribution in [0.5, 0.6) is 0 Å². The van der Waals surface area contributed by atoms with Crippen molar-refractivity contribution in [1.82, 2.24) is 20.4 Å². The van der Waals surface area contributed by atoms with Crippen molar-refractivity contribution < 1.29 is 4.79 Å². The van der Waals surface area contributed by atoms with Crippen LogP contribution in [0.1, 0.15) is 40.0 Å². The summed E-state index contributed by atoms with van der Waals surface area (Å²) in [7, 11) is 3.68. The number of halogens is 1. The highest BCUT2D eigenvalue weighted by molar-refractivity contribution is 14.0. The second-order valence-electron chi connectivity index (χ2n) is 6.82. The molecule has 1 amide bonds. The standard InChI is InChI=1S/C17H35N5O.HI/c1-6-18-17(20-13-14(2)3)19-10-8-12-22-11-7-9-15(22)16(23)21(4)5;/h14-15H,6-13H2,1-5H3,(H2,18,19,20);1H. The number of rotatable bonds is 8. The zero-order valence-corrected chi connectivity index (χ0v) is 18.3. The van der Waals surface area contributed by atoms with Crippen LogP contribution in [0.15, 0.2) is 4.99 Å². The average Bonchev–Trinajstić information content (AvgIpc) is 2.96. The summed E-state index contributed by atoms with van der Waals surface area (Å²) in [6.45, 7) is 11.0. The summed E-state index contributed by atoms with van der Waals surface area (Å²) in [4.78, 5) is 20.8. The zero-order valence-electron chi connectivity index (χ0n) is 16.0. The van der Waals surface area contributed by atoms with Gasteiger partial charge in [-0.05, 0) is 38.6 Å². The van der Waals surface area contributed by atoms with Crippen molar-refractivity contribution >= 4 is 35.8 Å². The van der Waals surface area contributed by atoms with Gasteiger partial charge in [0.2, 0.25) is 5.91 Å². The number of guanidine groups is 1. The third-order valence-corrected chi connectivity index (χ3v) is 3.96. The highest BCUT2D eigenvalue weighted by atomic mass is 127. The van der Waals surface area contributed by atoms with Crippen molar-refractivity contribution in [3.8, 4) is 0 Å². The van der Waals surface area contributed by atoms with Gasteiger partial charge in [-0.15, -0.1) is 24.0 Å². The number of nitrogens with zero attached hydrogens (tertiary/aromatic N) is 3. The fourth-order valence-corrected chi connectivity index (χ4v) is 2.78. The minimum absolute atomic E-state index is 0. The first-order valence-corrected chi connectivity index (χ1v) is 8.93. The molecule has 0 radical (unpaired) electrons. The van der Waals surface area contributed by atoms with Crippen molar-refractivity contribution in [1.29, 1.82) is 0 Å². The molecule has 0 saturated carbocycles. The molecule has 7 heteroatoms. The van der Waals surface area contributed by atoms with Gasteiger partial charge >= 0.3 is 0 Å². The molecule has 1 saturated heterocycles. The lowest BCUT2D eigenvalue weighted by Gasteiger charge is -2.26. The van der Waals surface area contributed by atoms with Gasteiger partial charge < -0.3 is 15.5 Å². The Kier molecular flexibility index (Phi) is 12.4. The Bertz CT molecular complexity index is 387. The van der Waals surface area contributed by atoms with E-state index < -0.39 is 0 Å². The summed E-state index contributed by atoms with van der Waals surface area (Å²) in [5.74, 6) is 1.69. The summed E-state index contributed by atoms with van der Waals surface area (Å²) < 4.78 is 0. The van der Waals surface area contributed by atoms with Crippen molar-refractivity contribution in [3.05, 3.63) is 0 Å². The maximum absolute atomic E-state index is 12.2. The third kappa shape index (κ3) is 8.50. The van der Waals surface area contributed by atoms with Gasteiger partial charge in [0.25, 0.3) is 0 Å². The van der Waals surface area contributed by atoms with Gasteiger partial charge in [0.15, 0.2) is 5.96 Å². The smallest absolute Gasteiger partial charge is 0.239 e. The summed E-state index contributed by atoms with van der Waals surface area (Å²) in [6, 6.07) is 0.0767. The van der Waals surface area contributed by atoms with E-state index in [2.05, 4.69) is 41.3 Å². The van der Waals surface area contributed by atoms with Crippen LogP contribution in [0.2, 0.25) is 0 Å². The Labute approximate surface area is 164 Å². The predicted molar refractivity (Wildman–Crippen MR) is 112 cm³/mol. The number of hydrogen-bond donors (Lipinski definition) is 2. The molecule has 1 rings (SSSR count). The molecule has 142 valence electrons. The van der Waals surface area contributed by atoms with Crippen LogP contribution in [-0.4, -0.2) is 74.5 Å². The Morgan fingerprint density at radius 1 is 1.33 bits per heavy atom. The first-order valence-electron chi connectivity index (χ1n) is 8.93. The van der Waals surface area contributed by atoms with E-state index >= 15 is 0 Å². The molecule has 24 heavy (non-hydrogen) atoms. The number of aliphatic imine (C=N–C) groups is 1. The third-order valence-electron chi connectivity index (χ3n) is 3.96. The monoisotopic (exact) mass is 453 g/mol. The Morgan fingerprint density at radius 3 is 2.62 bits per heavy atom. The SMILES string of the molecule is CCNC(=NCC(C)C)NCCCN1CCCC1C(=O)N(C)C.I. The molecule has 0 spiro atoms. The summed E-state index contributed by atoms with van der Waals surface area (Å²) in [5, 5.41) is 6.66. The van der Waals surface area contributed by atoms with Gasteiger partial charge in [-0.1, -0.05) is 13.8 Å². The Hall–Kier alpha value is -0.570. The molecule has 0 aromatic heterocycles. The molecule has 0 aliphatic carbocycles. The highest BCUT2D eigenvalue weighted by Gasteiger charge is 2.30. The zero-order chi connectivity index (χ0) is 17.2. The van der Waals surface area contributed by atoms with Gasteiger partial charge in [0.05, 0.1) is 6.04 Å². The van der Waals surface area contributed by atoms with Crippen molar-refractivity contribution in [2.45, 2.75) is 46.1 Å². The van der Waals surface area contributed by atoms with Crippen molar-refractivity contribution in [2.75, 3.05) is 46.8 Å². The van der Waals surface area contributed by atoms with Gasteiger partial charge in [0.1, 0.15) is 0 Å². The quantitative estimate of drug-likeness (QED) is 0.255. The van der Waals surface area contributed by atoms with E-state index in [4.69, 9.17) is 0 Å². The van der Waals surface area contributed by atoms with E-state index in [9.17, 15) is 4.79 Å².